The van der Waals surface area contributed by atoms with E-state index in [1.807, 2.05) is 18.2 Å². The largest absolute Gasteiger partial charge is 0.461 e. The van der Waals surface area contributed by atoms with Crippen LogP contribution in [0.3, 0.4) is 0 Å². The molecule has 1 fully saturated rings. The summed E-state index contributed by atoms with van der Waals surface area (Å²) in [6.07, 6.45) is 2.76. The molecular weight excluding hydrogens is 286 g/mol. The predicted octanol–water partition coefficient (Wildman–Crippen LogP) is 3.54. The van der Waals surface area contributed by atoms with Gasteiger partial charge in [-0.25, -0.2) is 0 Å². The topological polar surface area (TPSA) is 43.5 Å². The summed E-state index contributed by atoms with van der Waals surface area (Å²) in [6.45, 7) is 9.60. The lowest BCUT2D eigenvalue weighted by atomic mass is 10.0. The predicted molar refractivity (Wildman–Crippen MR) is 95.3 cm³/mol. The number of amidine groups is 1. The van der Waals surface area contributed by atoms with E-state index in [1.54, 1.807) is 0 Å². The second kappa shape index (κ2) is 7.18. The van der Waals surface area contributed by atoms with Crippen LogP contribution in [0.4, 0.5) is 0 Å². The van der Waals surface area contributed by atoms with Gasteiger partial charge in [-0.15, -0.1) is 0 Å². The van der Waals surface area contributed by atoms with E-state index in [4.69, 9.17) is 9.83 Å². The van der Waals surface area contributed by atoms with Crippen molar-refractivity contribution in [2.24, 2.45) is 0 Å². The third kappa shape index (κ3) is 3.42. The summed E-state index contributed by atoms with van der Waals surface area (Å²) in [6, 6.07) is 8.19. The van der Waals surface area contributed by atoms with E-state index in [1.165, 1.54) is 23.9 Å². The minimum absolute atomic E-state index is 0.675. The zero-order valence-electron chi connectivity index (χ0n) is 14.3. The summed E-state index contributed by atoms with van der Waals surface area (Å²) < 4.78 is 5.96. The molecule has 23 heavy (non-hydrogen) atoms. The Hall–Kier alpha value is -1.81. The molecule has 0 bridgehead atoms. The third-order valence-corrected chi connectivity index (χ3v) is 4.74. The number of aryl methyl sites for hydroxylation is 1. The highest BCUT2D eigenvalue weighted by Crippen LogP contribution is 2.27. The highest BCUT2D eigenvalue weighted by molar-refractivity contribution is 5.89. The molecule has 1 aromatic carbocycles. The lowest BCUT2D eigenvalue weighted by molar-refractivity contribution is 0.180. The van der Waals surface area contributed by atoms with Crippen molar-refractivity contribution in [1.82, 2.24) is 9.80 Å². The Morgan fingerprint density at radius 1 is 1.13 bits per heavy atom. The van der Waals surface area contributed by atoms with Crippen LogP contribution < -0.4 is 0 Å². The SMILES string of the molecule is CCCN1CCN(C(=N)Cc2c(CC)oc3ccccc23)CC1. The van der Waals surface area contributed by atoms with Crippen LogP contribution in [0.2, 0.25) is 0 Å². The molecule has 0 spiro atoms. The number of para-hydroxylation sites is 1. The van der Waals surface area contributed by atoms with Crippen molar-refractivity contribution in [3.63, 3.8) is 0 Å². The normalized spacial score (nSPS) is 16.2. The number of hydrogen-bond donors (Lipinski definition) is 1. The first-order valence-corrected chi connectivity index (χ1v) is 8.77. The van der Waals surface area contributed by atoms with Crippen LogP contribution in [0.15, 0.2) is 28.7 Å². The van der Waals surface area contributed by atoms with Gasteiger partial charge in [0, 0.05) is 50.0 Å². The summed E-state index contributed by atoms with van der Waals surface area (Å²) in [5.74, 6) is 1.75. The van der Waals surface area contributed by atoms with Crippen molar-refractivity contribution in [1.29, 1.82) is 5.41 Å². The molecule has 2 aromatic rings. The van der Waals surface area contributed by atoms with Crippen LogP contribution in [0.25, 0.3) is 11.0 Å². The van der Waals surface area contributed by atoms with Gasteiger partial charge in [-0.1, -0.05) is 32.0 Å². The summed E-state index contributed by atoms with van der Waals surface area (Å²) >= 11 is 0. The van der Waals surface area contributed by atoms with Crippen LogP contribution in [-0.2, 0) is 12.8 Å². The second-order valence-corrected chi connectivity index (χ2v) is 6.31. The highest BCUT2D eigenvalue weighted by Gasteiger charge is 2.21. The van der Waals surface area contributed by atoms with Gasteiger partial charge in [-0.05, 0) is 19.0 Å². The Morgan fingerprint density at radius 3 is 2.57 bits per heavy atom. The molecule has 1 aliphatic heterocycles. The smallest absolute Gasteiger partial charge is 0.134 e. The van der Waals surface area contributed by atoms with Gasteiger partial charge in [-0.2, -0.15) is 0 Å². The van der Waals surface area contributed by atoms with Crippen molar-refractivity contribution in [3.05, 3.63) is 35.6 Å². The molecule has 124 valence electrons. The van der Waals surface area contributed by atoms with Gasteiger partial charge >= 0.3 is 0 Å². The Bertz CT molecular complexity index is 668. The van der Waals surface area contributed by atoms with Crippen LogP contribution in [0, 0.1) is 5.41 Å². The molecule has 4 heteroatoms. The van der Waals surface area contributed by atoms with Gasteiger partial charge in [0.25, 0.3) is 0 Å². The van der Waals surface area contributed by atoms with Gasteiger partial charge < -0.3 is 9.32 Å². The number of benzene rings is 1. The minimum Gasteiger partial charge on any atom is -0.461 e. The first-order valence-electron chi connectivity index (χ1n) is 8.77. The summed E-state index contributed by atoms with van der Waals surface area (Å²) in [5, 5.41) is 9.71. The zero-order chi connectivity index (χ0) is 16.2. The molecule has 0 saturated carbocycles. The van der Waals surface area contributed by atoms with Crippen molar-refractivity contribution >= 4 is 16.8 Å². The first kappa shape index (κ1) is 16.1. The molecular formula is C19H27N3O. The Balaban J connectivity index is 1.71. The van der Waals surface area contributed by atoms with Crippen LogP contribution in [0.1, 0.15) is 31.6 Å². The van der Waals surface area contributed by atoms with Gasteiger partial charge in [0.05, 0.1) is 0 Å². The van der Waals surface area contributed by atoms with E-state index in [-0.39, 0.29) is 0 Å². The number of nitrogens with one attached hydrogen (secondary N) is 1. The summed E-state index contributed by atoms with van der Waals surface area (Å²) in [7, 11) is 0. The lowest BCUT2D eigenvalue weighted by Crippen LogP contribution is -2.49. The minimum atomic E-state index is 0.675. The number of fused-ring (bicyclic) bond motifs is 1. The number of piperazine rings is 1. The van der Waals surface area contributed by atoms with E-state index in [0.717, 1.165) is 49.8 Å². The molecule has 0 unspecified atom stereocenters. The summed E-state index contributed by atoms with van der Waals surface area (Å²) in [5.41, 5.74) is 2.14. The maximum atomic E-state index is 8.54. The molecule has 0 radical (unpaired) electrons. The van der Waals surface area contributed by atoms with Gasteiger partial charge in [-0.3, -0.25) is 10.3 Å². The Morgan fingerprint density at radius 2 is 1.87 bits per heavy atom. The molecule has 2 heterocycles. The molecule has 1 aromatic heterocycles. The molecule has 1 aliphatic rings. The fourth-order valence-electron chi connectivity index (χ4n) is 3.47. The maximum Gasteiger partial charge on any atom is 0.134 e. The number of furan rings is 1. The number of rotatable bonds is 5. The van der Waals surface area contributed by atoms with Gasteiger partial charge in [0.2, 0.25) is 0 Å². The van der Waals surface area contributed by atoms with Crippen LogP contribution >= 0.6 is 0 Å². The van der Waals surface area contributed by atoms with Gasteiger partial charge in [0.15, 0.2) is 0 Å². The van der Waals surface area contributed by atoms with Crippen molar-refractivity contribution in [2.75, 3.05) is 32.7 Å². The van der Waals surface area contributed by atoms with E-state index < -0.39 is 0 Å². The Labute approximate surface area is 138 Å². The zero-order valence-corrected chi connectivity index (χ0v) is 14.3. The van der Waals surface area contributed by atoms with E-state index >= 15 is 0 Å². The molecule has 0 aliphatic carbocycles. The van der Waals surface area contributed by atoms with Crippen LogP contribution in [-0.4, -0.2) is 48.4 Å². The lowest BCUT2D eigenvalue weighted by Gasteiger charge is -2.36. The maximum absolute atomic E-state index is 8.54. The quantitative estimate of drug-likeness (QED) is 0.678. The van der Waals surface area contributed by atoms with Crippen molar-refractivity contribution in [2.45, 2.75) is 33.1 Å². The van der Waals surface area contributed by atoms with Gasteiger partial charge in [0.1, 0.15) is 17.2 Å². The van der Waals surface area contributed by atoms with Crippen LogP contribution in [0.5, 0.6) is 0 Å². The fraction of sp³-hybridized carbons (Fsp3) is 0.526. The summed E-state index contributed by atoms with van der Waals surface area (Å²) in [4.78, 5) is 4.72. The second-order valence-electron chi connectivity index (χ2n) is 6.31. The first-order chi connectivity index (χ1) is 11.2. The molecule has 1 N–H and O–H groups in total. The third-order valence-electron chi connectivity index (χ3n) is 4.74. The fourth-order valence-corrected chi connectivity index (χ4v) is 3.47. The molecule has 0 amide bonds. The molecule has 1 saturated heterocycles. The number of hydrogen-bond acceptors (Lipinski definition) is 3. The van der Waals surface area contributed by atoms with Crippen molar-refractivity contribution < 1.29 is 4.42 Å². The highest BCUT2D eigenvalue weighted by atomic mass is 16.3. The monoisotopic (exact) mass is 313 g/mol. The molecule has 0 atom stereocenters. The Kier molecular flexibility index (Phi) is 5.01. The number of nitrogens with zero attached hydrogens (tertiary/aromatic N) is 2. The van der Waals surface area contributed by atoms with E-state index in [0.29, 0.717) is 6.42 Å². The average molecular weight is 313 g/mol. The molecule has 4 nitrogen and oxygen atoms in total. The van der Waals surface area contributed by atoms with E-state index in [2.05, 4.69) is 29.7 Å². The average Bonchev–Trinajstić information content (AvgIpc) is 2.94. The van der Waals surface area contributed by atoms with Crippen molar-refractivity contribution in [3.8, 4) is 0 Å². The van der Waals surface area contributed by atoms with E-state index in [9.17, 15) is 0 Å². The standard InChI is InChI=1S/C19H27N3O/c1-3-9-21-10-12-22(13-11-21)19(20)14-16-15-7-5-6-8-18(15)23-17(16)4-2/h5-8,20H,3-4,9-14H2,1-2H3. The molecule has 3 rings (SSSR count).